The van der Waals surface area contributed by atoms with Crippen LogP contribution in [0.25, 0.3) is 0 Å². The van der Waals surface area contributed by atoms with Gasteiger partial charge in [-0.15, -0.1) is 16.8 Å². The summed E-state index contributed by atoms with van der Waals surface area (Å²) in [6, 6.07) is 4.02. The third-order valence-corrected chi connectivity index (χ3v) is 4.64. The first-order valence-corrected chi connectivity index (χ1v) is 8.32. The van der Waals surface area contributed by atoms with Gasteiger partial charge in [0.2, 0.25) is 11.0 Å². The number of nitrogens with one attached hydrogen (secondary N) is 2. The number of rotatable bonds is 7. The van der Waals surface area contributed by atoms with E-state index in [0.717, 1.165) is 0 Å². The van der Waals surface area contributed by atoms with Crippen LogP contribution in [0.2, 0.25) is 5.02 Å². The molecule has 22 heavy (non-hydrogen) atoms. The third-order valence-electron chi connectivity index (χ3n) is 2.33. The Morgan fingerprint density at radius 2 is 2.32 bits per heavy atom. The second-order valence-corrected chi connectivity index (χ2v) is 6.62. The van der Waals surface area contributed by atoms with Gasteiger partial charge in [0, 0.05) is 12.2 Å². The summed E-state index contributed by atoms with van der Waals surface area (Å²) >= 11 is 8.28. The lowest BCUT2D eigenvalue weighted by Crippen LogP contribution is -2.13. The average molecular weight is 359 g/mol. The first-order chi connectivity index (χ1) is 10.6. The van der Waals surface area contributed by atoms with Gasteiger partial charge in [-0.25, -0.2) is 4.39 Å². The Bertz CT molecular complexity index is 680. The number of thioether (sulfide) groups is 1. The summed E-state index contributed by atoms with van der Waals surface area (Å²) in [5.41, 5.74) is 0.447. The number of carbonyl (C=O) groups excluding carboxylic acids is 1. The molecule has 0 saturated heterocycles. The van der Waals surface area contributed by atoms with Crippen LogP contribution in [0.5, 0.6) is 0 Å². The average Bonchev–Trinajstić information content (AvgIpc) is 2.95. The minimum absolute atomic E-state index is 0.0347. The quantitative estimate of drug-likeness (QED) is 0.584. The molecule has 1 aromatic heterocycles. The van der Waals surface area contributed by atoms with Crippen LogP contribution in [-0.4, -0.2) is 28.4 Å². The minimum atomic E-state index is -0.526. The lowest BCUT2D eigenvalue weighted by molar-refractivity contribution is -0.113. The Morgan fingerprint density at radius 3 is 3.05 bits per heavy atom. The number of halogens is 2. The molecule has 2 N–H and O–H groups in total. The second-order valence-electron chi connectivity index (χ2n) is 4.01. The number of carbonyl (C=O) groups is 1. The maximum Gasteiger partial charge on any atom is 0.234 e. The maximum atomic E-state index is 13.0. The zero-order chi connectivity index (χ0) is 15.9. The molecule has 5 nitrogen and oxygen atoms in total. The molecular formula is C13H12ClFN4OS2. The first kappa shape index (κ1) is 16.7. The molecule has 1 heterocycles. The summed E-state index contributed by atoms with van der Waals surface area (Å²) in [5, 5.41) is 14.2. The minimum Gasteiger partial charge on any atom is -0.357 e. The second kappa shape index (κ2) is 8.11. The van der Waals surface area contributed by atoms with Gasteiger partial charge >= 0.3 is 0 Å². The van der Waals surface area contributed by atoms with Gasteiger partial charge in [0.1, 0.15) is 5.82 Å². The molecule has 2 aromatic rings. The van der Waals surface area contributed by atoms with Gasteiger partial charge in [-0.1, -0.05) is 40.8 Å². The van der Waals surface area contributed by atoms with Gasteiger partial charge in [-0.2, -0.15) is 0 Å². The number of hydrogen-bond acceptors (Lipinski definition) is 6. The molecule has 0 atom stereocenters. The van der Waals surface area contributed by atoms with Crippen LogP contribution in [-0.2, 0) is 4.79 Å². The summed E-state index contributed by atoms with van der Waals surface area (Å²) in [7, 11) is 0. The molecule has 0 unspecified atom stereocenters. The summed E-state index contributed by atoms with van der Waals surface area (Å²) in [6.45, 7) is 4.20. The van der Waals surface area contributed by atoms with E-state index in [0.29, 0.717) is 21.7 Å². The number of anilines is 2. The predicted molar refractivity (Wildman–Crippen MR) is 89.4 cm³/mol. The zero-order valence-corrected chi connectivity index (χ0v) is 13.7. The Morgan fingerprint density at radius 1 is 1.50 bits per heavy atom. The van der Waals surface area contributed by atoms with E-state index >= 15 is 0 Å². The Balaban J connectivity index is 1.83. The van der Waals surface area contributed by atoms with Crippen molar-refractivity contribution in [1.82, 2.24) is 10.2 Å². The topological polar surface area (TPSA) is 66.9 Å². The number of aromatic nitrogens is 2. The zero-order valence-electron chi connectivity index (χ0n) is 11.3. The molecule has 116 valence electrons. The number of amides is 1. The molecule has 0 bridgehead atoms. The highest BCUT2D eigenvalue weighted by molar-refractivity contribution is 8.01. The van der Waals surface area contributed by atoms with Crippen molar-refractivity contribution < 1.29 is 9.18 Å². The van der Waals surface area contributed by atoms with Gasteiger partial charge < -0.3 is 10.6 Å². The Hall–Kier alpha value is -1.64. The van der Waals surface area contributed by atoms with E-state index in [1.807, 2.05) is 0 Å². The highest BCUT2D eigenvalue weighted by Crippen LogP contribution is 2.25. The fourth-order valence-corrected chi connectivity index (χ4v) is 3.14. The van der Waals surface area contributed by atoms with Crippen LogP contribution in [0.4, 0.5) is 15.2 Å². The summed E-state index contributed by atoms with van der Waals surface area (Å²) in [6.07, 6.45) is 1.72. The van der Waals surface area contributed by atoms with E-state index in [1.54, 1.807) is 6.08 Å². The van der Waals surface area contributed by atoms with Gasteiger partial charge in [-0.05, 0) is 18.2 Å². The lowest BCUT2D eigenvalue weighted by atomic mass is 10.3. The van der Waals surface area contributed by atoms with Gasteiger partial charge in [0.05, 0.1) is 10.8 Å². The highest BCUT2D eigenvalue weighted by Gasteiger charge is 2.09. The monoisotopic (exact) mass is 358 g/mol. The standard InChI is InChI=1S/C13H12ClFN4OS2/c1-2-5-16-12-18-19-13(22-12)21-7-11(20)17-8-3-4-10(15)9(14)6-8/h2-4,6H,1,5,7H2,(H,16,18)(H,17,20). The van der Waals surface area contributed by atoms with E-state index in [-0.39, 0.29) is 16.7 Å². The largest absolute Gasteiger partial charge is 0.357 e. The summed E-state index contributed by atoms with van der Waals surface area (Å²) < 4.78 is 13.7. The number of hydrogen-bond donors (Lipinski definition) is 2. The predicted octanol–water partition coefficient (Wildman–Crippen LogP) is 3.66. The van der Waals surface area contributed by atoms with Crippen molar-refractivity contribution in [3.63, 3.8) is 0 Å². The Labute approximate surface area is 140 Å². The van der Waals surface area contributed by atoms with Crippen molar-refractivity contribution in [2.75, 3.05) is 22.9 Å². The Kier molecular flexibility index (Phi) is 6.17. The first-order valence-electron chi connectivity index (χ1n) is 6.14. The van der Waals surface area contributed by atoms with Crippen molar-refractivity contribution in [3.8, 4) is 0 Å². The molecule has 0 saturated carbocycles. The van der Waals surface area contributed by atoms with Crippen LogP contribution in [0.3, 0.4) is 0 Å². The SMILES string of the molecule is C=CCNc1nnc(SCC(=O)Nc2ccc(F)c(Cl)c2)s1. The fraction of sp³-hybridized carbons (Fsp3) is 0.154. The smallest absolute Gasteiger partial charge is 0.234 e. The molecule has 2 rings (SSSR count). The van der Waals surface area contributed by atoms with E-state index in [9.17, 15) is 9.18 Å². The number of nitrogens with zero attached hydrogens (tertiary/aromatic N) is 2. The molecule has 0 aliphatic carbocycles. The van der Waals surface area contributed by atoms with Crippen LogP contribution >= 0.6 is 34.7 Å². The molecule has 0 aliphatic rings. The molecular weight excluding hydrogens is 347 g/mol. The normalized spacial score (nSPS) is 10.3. The van der Waals surface area contributed by atoms with Crippen LogP contribution in [0.15, 0.2) is 35.2 Å². The summed E-state index contributed by atoms with van der Waals surface area (Å²) in [4.78, 5) is 11.8. The molecule has 0 spiro atoms. The fourth-order valence-electron chi connectivity index (χ4n) is 1.40. The van der Waals surface area contributed by atoms with E-state index in [1.165, 1.54) is 41.3 Å². The molecule has 1 amide bonds. The van der Waals surface area contributed by atoms with E-state index in [2.05, 4.69) is 27.4 Å². The lowest BCUT2D eigenvalue weighted by Gasteiger charge is -2.04. The maximum absolute atomic E-state index is 13.0. The molecule has 1 aromatic carbocycles. The molecule has 0 aliphatic heterocycles. The molecule has 9 heteroatoms. The van der Waals surface area contributed by atoms with Gasteiger partial charge in [0.15, 0.2) is 4.34 Å². The van der Waals surface area contributed by atoms with Crippen LogP contribution in [0, 0.1) is 5.82 Å². The highest BCUT2D eigenvalue weighted by atomic mass is 35.5. The van der Waals surface area contributed by atoms with Crippen LogP contribution in [0.1, 0.15) is 0 Å². The summed E-state index contributed by atoms with van der Waals surface area (Å²) in [5.74, 6) is -0.587. The van der Waals surface area contributed by atoms with Crippen molar-refractivity contribution in [3.05, 3.63) is 41.7 Å². The molecule has 0 fully saturated rings. The number of benzene rings is 1. The van der Waals surface area contributed by atoms with Gasteiger partial charge in [0.25, 0.3) is 0 Å². The van der Waals surface area contributed by atoms with Crippen molar-refractivity contribution >= 4 is 51.4 Å². The molecule has 0 radical (unpaired) electrons. The van der Waals surface area contributed by atoms with Crippen molar-refractivity contribution in [1.29, 1.82) is 0 Å². The third kappa shape index (κ3) is 4.97. The van der Waals surface area contributed by atoms with Gasteiger partial charge in [-0.3, -0.25) is 4.79 Å². The van der Waals surface area contributed by atoms with Crippen molar-refractivity contribution in [2.45, 2.75) is 4.34 Å². The van der Waals surface area contributed by atoms with Crippen molar-refractivity contribution in [2.24, 2.45) is 0 Å². The van der Waals surface area contributed by atoms with E-state index < -0.39 is 5.82 Å². The van der Waals surface area contributed by atoms with E-state index in [4.69, 9.17) is 11.6 Å². The van der Waals surface area contributed by atoms with Crippen LogP contribution < -0.4 is 10.6 Å².